The minimum Gasteiger partial charge on any atom is -0.457 e. The van der Waals surface area contributed by atoms with Crippen LogP contribution in [0.3, 0.4) is 0 Å². The number of para-hydroxylation sites is 1. The van der Waals surface area contributed by atoms with Crippen molar-refractivity contribution in [1.29, 1.82) is 0 Å². The van der Waals surface area contributed by atoms with E-state index in [0.717, 1.165) is 11.3 Å². The molecule has 0 atom stereocenters. The van der Waals surface area contributed by atoms with E-state index in [1.807, 2.05) is 30.3 Å². The summed E-state index contributed by atoms with van der Waals surface area (Å²) in [7, 11) is 0. The minimum atomic E-state index is -0.306. The van der Waals surface area contributed by atoms with Crippen LogP contribution in [0.2, 0.25) is 0 Å². The van der Waals surface area contributed by atoms with Gasteiger partial charge < -0.3 is 10.1 Å². The monoisotopic (exact) mass is 404 g/mol. The molecule has 0 aliphatic rings. The predicted octanol–water partition coefficient (Wildman–Crippen LogP) is 6.30. The van der Waals surface area contributed by atoms with Gasteiger partial charge in [0.2, 0.25) is 0 Å². The molecule has 0 fully saturated rings. The van der Waals surface area contributed by atoms with Crippen molar-refractivity contribution < 1.29 is 13.9 Å². The molecule has 1 heterocycles. The van der Waals surface area contributed by atoms with Crippen molar-refractivity contribution in [3.05, 3.63) is 95.3 Å². The van der Waals surface area contributed by atoms with Crippen LogP contribution >= 0.6 is 11.3 Å². The molecule has 0 spiro atoms. The second-order valence-corrected chi connectivity index (χ2v) is 7.33. The van der Waals surface area contributed by atoms with Crippen molar-refractivity contribution in [2.75, 3.05) is 5.32 Å². The summed E-state index contributed by atoms with van der Waals surface area (Å²) in [5.41, 5.74) is 2.07. The van der Waals surface area contributed by atoms with Crippen molar-refractivity contribution in [3.63, 3.8) is 0 Å². The summed E-state index contributed by atoms with van der Waals surface area (Å²) in [6, 6.07) is 22.7. The Labute approximate surface area is 171 Å². The number of aryl methyl sites for hydroxylation is 1. The number of nitrogens with one attached hydrogen (secondary N) is 1. The normalized spacial score (nSPS) is 10.6. The maximum Gasteiger partial charge on any atom is 0.267 e. The molecule has 4 nitrogen and oxygen atoms in total. The van der Waals surface area contributed by atoms with Gasteiger partial charge in [-0.05, 0) is 67.6 Å². The van der Waals surface area contributed by atoms with Gasteiger partial charge in [0.05, 0.1) is 5.69 Å². The van der Waals surface area contributed by atoms with E-state index < -0.39 is 0 Å². The zero-order valence-electron chi connectivity index (χ0n) is 15.6. The number of anilines is 1. The van der Waals surface area contributed by atoms with Crippen molar-refractivity contribution in [3.8, 4) is 22.1 Å². The number of hydrogen-bond donors (Lipinski definition) is 1. The van der Waals surface area contributed by atoms with Crippen LogP contribution in [0.4, 0.5) is 10.1 Å². The summed E-state index contributed by atoms with van der Waals surface area (Å²) in [5.74, 6) is 0.893. The van der Waals surface area contributed by atoms with E-state index in [4.69, 9.17) is 4.74 Å². The molecule has 1 amide bonds. The summed E-state index contributed by atoms with van der Waals surface area (Å²) in [5, 5.41) is 3.56. The predicted molar refractivity (Wildman–Crippen MR) is 113 cm³/mol. The largest absolute Gasteiger partial charge is 0.457 e. The maximum atomic E-state index is 13.1. The molecule has 0 aliphatic heterocycles. The molecule has 0 aliphatic carbocycles. The molecule has 1 N–H and O–H groups in total. The Morgan fingerprint density at radius 3 is 2.28 bits per heavy atom. The van der Waals surface area contributed by atoms with Gasteiger partial charge in [0.1, 0.15) is 27.2 Å². The van der Waals surface area contributed by atoms with Crippen LogP contribution in [0, 0.1) is 12.7 Å². The van der Waals surface area contributed by atoms with Gasteiger partial charge in [-0.15, -0.1) is 11.3 Å². The number of aromatic nitrogens is 1. The number of halogens is 1. The van der Waals surface area contributed by atoms with Crippen LogP contribution < -0.4 is 10.1 Å². The number of hydrogen-bond acceptors (Lipinski definition) is 4. The van der Waals surface area contributed by atoms with Crippen LogP contribution in [0.15, 0.2) is 78.9 Å². The first kappa shape index (κ1) is 18.8. The number of ether oxygens (including phenoxy) is 1. The van der Waals surface area contributed by atoms with Crippen molar-refractivity contribution in [2.45, 2.75) is 6.92 Å². The highest BCUT2D eigenvalue weighted by Crippen LogP contribution is 2.29. The SMILES string of the molecule is Cc1nc(-c2ccc(F)cc2)sc1C(=O)Nc1ccc(Oc2ccccc2)cc1. The molecule has 4 rings (SSSR count). The third-order valence-electron chi connectivity index (χ3n) is 4.19. The topological polar surface area (TPSA) is 51.2 Å². The molecular formula is C23H17FN2O2S. The third-order valence-corrected chi connectivity index (χ3v) is 5.39. The Hall–Kier alpha value is -3.51. The first-order chi connectivity index (χ1) is 14.1. The van der Waals surface area contributed by atoms with Crippen LogP contribution in [0.5, 0.6) is 11.5 Å². The Balaban J connectivity index is 1.46. The first-order valence-corrected chi connectivity index (χ1v) is 9.78. The van der Waals surface area contributed by atoms with Crippen LogP contribution in [0.1, 0.15) is 15.4 Å². The molecule has 0 saturated heterocycles. The first-order valence-electron chi connectivity index (χ1n) is 8.96. The minimum absolute atomic E-state index is 0.231. The molecule has 1 aromatic heterocycles. The molecular weight excluding hydrogens is 387 g/mol. The van der Waals surface area contributed by atoms with Gasteiger partial charge in [-0.25, -0.2) is 9.37 Å². The maximum absolute atomic E-state index is 13.1. The van der Waals surface area contributed by atoms with Crippen LogP contribution in [-0.4, -0.2) is 10.9 Å². The second kappa shape index (κ2) is 8.24. The molecule has 29 heavy (non-hydrogen) atoms. The van der Waals surface area contributed by atoms with Crippen molar-refractivity contribution in [1.82, 2.24) is 4.98 Å². The summed E-state index contributed by atoms with van der Waals surface area (Å²) in [6.45, 7) is 1.79. The van der Waals surface area contributed by atoms with E-state index in [1.54, 1.807) is 43.3 Å². The van der Waals surface area contributed by atoms with Gasteiger partial charge in [-0.3, -0.25) is 4.79 Å². The highest BCUT2D eigenvalue weighted by Gasteiger charge is 2.16. The fraction of sp³-hybridized carbons (Fsp3) is 0.0435. The lowest BCUT2D eigenvalue weighted by Crippen LogP contribution is -2.11. The lowest BCUT2D eigenvalue weighted by Gasteiger charge is -2.07. The Morgan fingerprint density at radius 1 is 0.931 bits per heavy atom. The molecule has 6 heteroatoms. The molecule has 4 aromatic rings. The van der Waals surface area contributed by atoms with E-state index >= 15 is 0 Å². The zero-order chi connectivity index (χ0) is 20.2. The zero-order valence-corrected chi connectivity index (χ0v) is 16.4. The molecule has 0 bridgehead atoms. The van der Waals surface area contributed by atoms with Gasteiger partial charge in [0, 0.05) is 11.3 Å². The van der Waals surface area contributed by atoms with Crippen molar-refractivity contribution >= 4 is 22.9 Å². The highest BCUT2D eigenvalue weighted by atomic mass is 32.1. The number of carbonyl (C=O) groups excluding carboxylic acids is 1. The summed E-state index contributed by atoms with van der Waals surface area (Å²) in [4.78, 5) is 17.6. The molecule has 0 radical (unpaired) electrons. The van der Waals surface area contributed by atoms with Crippen LogP contribution in [0.25, 0.3) is 10.6 Å². The highest BCUT2D eigenvalue weighted by molar-refractivity contribution is 7.17. The number of thiazole rings is 1. The van der Waals surface area contributed by atoms with E-state index in [-0.39, 0.29) is 11.7 Å². The molecule has 0 saturated carbocycles. The second-order valence-electron chi connectivity index (χ2n) is 6.33. The van der Waals surface area contributed by atoms with E-state index in [9.17, 15) is 9.18 Å². The smallest absolute Gasteiger partial charge is 0.267 e. The number of benzene rings is 3. The number of rotatable bonds is 5. The fourth-order valence-electron chi connectivity index (χ4n) is 2.74. The number of carbonyl (C=O) groups is 1. The lowest BCUT2D eigenvalue weighted by atomic mass is 10.2. The lowest BCUT2D eigenvalue weighted by molar-refractivity contribution is 0.103. The van der Waals surface area contributed by atoms with Gasteiger partial charge in [0.25, 0.3) is 5.91 Å². The molecule has 0 unspecified atom stereocenters. The summed E-state index contributed by atoms with van der Waals surface area (Å²) >= 11 is 1.28. The van der Waals surface area contributed by atoms with E-state index in [2.05, 4.69) is 10.3 Å². The summed E-state index contributed by atoms with van der Waals surface area (Å²) < 4.78 is 18.9. The molecule has 144 valence electrons. The van der Waals surface area contributed by atoms with Gasteiger partial charge >= 0.3 is 0 Å². The Kier molecular flexibility index (Phi) is 5.35. The third kappa shape index (κ3) is 4.50. The van der Waals surface area contributed by atoms with E-state index in [1.165, 1.54) is 23.5 Å². The Bertz CT molecular complexity index is 1120. The number of amides is 1. The quantitative estimate of drug-likeness (QED) is 0.424. The standard InChI is InChI=1S/C23H17FN2O2S/c1-15-21(29-23(25-15)16-7-9-17(24)10-8-16)22(27)26-18-11-13-20(14-12-18)28-19-5-3-2-4-6-19/h2-14H,1H3,(H,26,27). The van der Waals surface area contributed by atoms with Crippen LogP contribution in [-0.2, 0) is 0 Å². The molecule has 3 aromatic carbocycles. The average molecular weight is 404 g/mol. The summed E-state index contributed by atoms with van der Waals surface area (Å²) in [6.07, 6.45) is 0. The van der Waals surface area contributed by atoms with E-state index in [0.29, 0.717) is 27.0 Å². The Morgan fingerprint density at radius 2 is 1.59 bits per heavy atom. The van der Waals surface area contributed by atoms with Gasteiger partial charge in [0.15, 0.2) is 0 Å². The fourth-order valence-corrected chi connectivity index (χ4v) is 3.71. The number of nitrogens with zero attached hydrogens (tertiary/aromatic N) is 1. The van der Waals surface area contributed by atoms with Gasteiger partial charge in [-0.1, -0.05) is 18.2 Å². The van der Waals surface area contributed by atoms with Gasteiger partial charge in [-0.2, -0.15) is 0 Å². The average Bonchev–Trinajstić information content (AvgIpc) is 3.12. The van der Waals surface area contributed by atoms with Crippen molar-refractivity contribution in [2.24, 2.45) is 0 Å².